The summed E-state index contributed by atoms with van der Waals surface area (Å²) in [5, 5.41) is 17.5. The normalized spacial score (nSPS) is 10.0. The van der Waals surface area contributed by atoms with Gasteiger partial charge in [0.2, 0.25) is 0 Å². The van der Waals surface area contributed by atoms with Gasteiger partial charge in [0.25, 0.3) is 0 Å². The van der Waals surface area contributed by atoms with E-state index in [2.05, 4.69) is 0 Å². The zero-order valence-electron chi connectivity index (χ0n) is 7.07. The minimum atomic E-state index is -1.08. The molecule has 1 rings (SSSR count). The van der Waals surface area contributed by atoms with Crippen molar-refractivity contribution in [3.63, 3.8) is 0 Å². The van der Waals surface area contributed by atoms with Gasteiger partial charge >= 0.3 is 5.97 Å². The highest BCUT2D eigenvalue weighted by atomic mass is 35.5. The van der Waals surface area contributed by atoms with Crippen LogP contribution in [0.1, 0.15) is 11.1 Å². The second-order valence-corrected chi connectivity index (χ2v) is 2.89. The predicted octanol–water partition coefficient (Wildman–Crippen LogP) is 2.31. The number of hydrogen-bond acceptors (Lipinski definition) is 2. The summed E-state index contributed by atoms with van der Waals surface area (Å²) in [7, 11) is 0. The summed E-state index contributed by atoms with van der Waals surface area (Å²) in [6.45, 7) is 0. The first-order valence-electron chi connectivity index (χ1n) is 3.75. The Morgan fingerprint density at radius 3 is 2.86 bits per heavy atom. The van der Waals surface area contributed by atoms with E-state index < -0.39 is 5.97 Å². The zero-order valence-corrected chi connectivity index (χ0v) is 7.82. The lowest BCUT2D eigenvalue weighted by Crippen LogP contribution is -1.88. The quantitative estimate of drug-likeness (QED) is 0.757. The van der Waals surface area contributed by atoms with Gasteiger partial charge in [-0.25, -0.2) is 4.79 Å². The minimum absolute atomic E-state index is 0.356. The number of aliphatic carboxylic acids is 1. The molecule has 0 fully saturated rings. The van der Waals surface area contributed by atoms with E-state index in [-0.39, 0.29) is 0 Å². The average molecular weight is 208 g/mol. The first-order valence-corrected chi connectivity index (χ1v) is 4.12. The summed E-state index contributed by atoms with van der Waals surface area (Å²) >= 11 is 5.80. The maximum Gasteiger partial charge on any atom is 0.328 e. The molecule has 1 aromatic carbocycles. The minimum Gasteiger partial charge on any atom is -0.478 e. The Hall–Kier alpha value is -1.79. The number of carboxylic acids is 1. The van der Waals surface area contributed by atoms with Gasteiger partial charge in [-0.3, -0.25) is 0 Å². The van der Waals surface area contributed by atoms with Crippen LogP contribution in [0.25, 0.3) is 6.08 Å². The lowest BCUT2D eigenvalue weighted by atomic mass is 10.1. The third kappa shape index (κ3) is 2.35. The molecular weight excluding hydrogens is 202 g/mol. The van der Waals surface area contributed by atoms with Crippen molar-refractivity contribution in [2.24, 2.45) is 0 Å². The SMILES string of the molecule is N#Cc1cccc(Cl)c1/C=C/C(=O)O. The number of nitriles is 1. The molecule has 0 amide bonds. The van der Waals surface area contributed by atoms with Crippen molar-refractivity contribution in [1.29, 1.82) is 5.26 Å². The van der Waals surface area contributed by atoms with Crippen molar-refractivity contribution in [2.45, 2.75) is 0 Å². The Labute approximate surface area is 85.9 Å². The average Bonchev–Trinajstić information content (AvgIpc) is 2.15. The molecular formula is C10H6ClNO2. The summed E-state index contributed by atoms with van der Waals surface area (Å²) in [5.41, 5.74) is 0.786. The highest BCUT2D eigenvalue weighted by Crippen LogP contribution is 2.20. The van der Waals surface area contributed by atoms with Gasteiger partial charge in [0.15, 0.2) is 0 Å². The first kappa shape index (κ1) is 10.3. The summed E-state index contributed by atoms with van der Waals surface area (Å²) in [4.78, 5) is 10.3. The van der Waals surface area contributed by atoms with Crippen molar-refractivity contribution in [2.75, 3.05) is 0 Å². The maximum absolute atomic E-state index is 10.3. The number of carboxylic acid groups (broad SMARTS) is 1. The molecule has 0 spiro atoms. The maximum atomic E-state index is 10.3. The van der Waals surface area contributed by atoms with Gasteiger partial charge in [-0.2, -0.15) is 5.26 Å². The van der Waals surface area contributed by atoms with Crippen LogP contribution in [0, 0.1) is 11.3 Å². The Morgan fingerprint density at radius 1 is 1.57 bits per heavy atom. The highest BCUT2D eigenvalue weighted by Gasteiger charge is 2.02. The van der Waals surface area contributed by atoms with Crippen LogP contribution < -0.4 is 0 Å². The van der Waals surface area contributed by atoms with E-state index in [1.807, 2.05) is 6.07 Å². The van der Waals surface area contributed by atoms with Crippen LogP contribution in [0.4, 0.5) is 0 Å². The van der Waals surface area contributed by atoms with Gasteiger partial charge in [0.1, 0.15) is 0 Å². The molecule has 0 radical (unpaired) electrons. The van der Waals surface area contributed by atoms with E-state index in [4.69, 9.17) is 22.0 Å². The van der Waals surface area contributed by atoms with Gasteiger partial charge in [0, 0.05) is 16.7 Å². The topological polar surface area (TPSA) is 61.1 Å². The Balaban J connectivity index is 3.19. The van der Waals surface area contributed by atoms with Gasteiger partial charge in [-0.05, 0) is 18.2 Å². The molecule has 14 heavy (non-hydrogen) atoms. The molecule has 0 saturated carbocycles. The van der Waals surface area contributed by atoms with Crippen molar-refractivity contribution in [3.05, 3.63) is 40.4 Å². The highest BCUT2D eigenvalue weighted by molar-refractivity contribution is 6.32. The second kappa shape index (κ2) is 4.45. The predicted molar refractivity (Wildman–Crippen MR) is 52.8 cm³/mol. The van der Waals surface area contributed by atoms with E-state index in [9.17, 15) is 4.79 Å². The van der Waals surface area contributed by atoms with Gasteiger partial charge < -0.3 is 5.11 Å². The fourth-order valence-electron chi connectivity index (χ4n) is 0.959. The summed E-state index contributed by atoms with van der Waals surface area (Å²) in [6, 6.07) is 6.75. The van der Waals surface area contributed by atoms with E-state index in [1.54, 1.807) is 18.2 Å². The van der Waals surface area contributed by atoms with Crippen LogP contribution in [-0.2, 0) is 4.79 Å². The molecule has 1 N–H and O–H groups in total. The fourth-order valence-corrected chi connectivity index (χ4v) is 1.20. The van der Waals surface area contributed by atoms with Crippen LogP contribution in [0.5, 0.6) is 0 Å². The number of nitrogens with zero attached hydrogens (tertiary/aromatic N) is 1. The largest absolute Gasteiger partial charge is 0.478 e. The molecule has 0 aliphatic heterocycles. The third-order valence-corrected chi connectivity index (χ3v) is 1.90. The Morgan fingerprint density at radius 2 is 2.29 bits per heavy atom. The third-order valence-electron chi connectivity index (χ3n) is 1.57. The molecule has 0 aromatic heterocycles. The summed E-state index contributed by atoms with van der Waals surface area (Å²) in [6.07, 6.45) is 2.26. The standard InChI is InChI=1S/C10H6ClNO2/c11-9-3-1-2-7(6-12)8(9)4-5-10(13)14/h1-5H,(H,13,14)/b5-4+. The van der Waals surface area contributed by atoms with Crippen LogP contribution >= 0.6 is 11.6 Å². The number of halogens is 1. The molecule has 0 unspecified atom stereocenters. The molecule has 4 heteroatoms. The van der Waals surface area contributed by atoms with Crippen molar-refractivity contribution >= 4 is 23.6 Å². The second-order valence-electron chi connectivity index (χ2n) is 2.48. The van der Waals surface area contributed by atoms with Crippen molar-refractivity contribution in [1.82, 2.24) is 0 Å². The van der Waals surface area contributed by atoms with Gasteiger partial charge in [-0.1, -0.05) is 17.7 Å². The Bertz CT molecular complexity index is 432. The fraction of sp³-hybridized carbons (Fsp3) is 0. The monoisotopic (exact) mass is 207 g/mol. The summed E-state index contributed by atoms with van der Waals surface area (Å²) in [5.74, 6) is -1.08. The van der Waals surface area contributed by atoms with E-state index >= 15 is 0 Å². The molecule has 0 aliphatic carbocycles. The molecule has 0 aliphatic rings. The molecule has 3 nitrogen and oxygen atoms in total. The van der Waals surface area contributed by atoms with E-state index in [0.717, 1.165) is 6.08 Å². The zero-order chi connectivity index (χ0) is 10.6. The number of benzene rings is 1. The smallest absolute Gasteiger partial charge is 0.328 e. The molecule has 1 aromatic rings. The van der Waals surface area contributed by atoms with E-state index in [1.165, 1.54) is 6.08 Å². The Kier molecular flexibility index (Phi) is 3.27. The first-order chi connectivity index (χ1) is 6.65. The molecule has 70 valence electrons. The van der Waals surface area contributed by atoms with Gasteiger partial charge in [-0.15, -0.1) is 0 Å². The van der Waals surface area contributed by atoms with Gasteiger partial charge in [0.05, 0.1) is 11.6 Å². The number of carbonyl (C=O) groups is 1. The van der Waals surface area contributed by atoms with Crippen LogP contribution in [-0.4, -0.2) is 11.1 Å². The number of rotatable bonds is 2. The lowest BCUT2D eigenvalue weighted by Gasteiger charge is -1.99. The molecule has 0 heterocycles. The summed E-state index contributed by atoms with van der Waals surface area (Å²) < 4.78 is 0. The van der Waals surface area contributed by atoms with E-state index in [0.29, 0.717) is 16.1 Å². The molecule has 0 bridgehead atoms. The number of hydrogen-bond donors (Lipinski definition) is 1. The molecule has 0 saturated heterocycles. The van der Waals surface area contributed by atoms with Crippen LogP contribution in [0.3, 0.4) is 0 Å². The molecule has 0 atom stereocenters. The lowest BCUT2D eigenvalue weighted by molar-refractivity contribution is -0.131. The van der Waals surface area contributed by atoms with Crippen LogP contribution in [0.2, 0.25) is 5.02 Å². The van der Waals surface area contributed by atoms with Crippen molar-refractivity contribution < 1.29 is 9.90 Å². The van der Waals surface area contributed by atoms with Crippen LogP contribution in [0.15, 0.2) is 24.3 Å². The van der Waals surface area contributed by atoms with Crippen molar-refractivity contribution in [3.8, 4) is 6.07 Å².